The summed E-state index contributed by atoms with van der Waals surface area (Å²) >= 11 is 0. The Hall–Kier alpha value is -1.81. The van der Waals surface area contributed by atoms with Gasteiger partial charge in [0, 0.05) is 10.5 Å². The quantitative estimate of drug-likeness (QED) is 0.430. The van der Waals surface area contributed by atoms with Crippen LogP contribution in [-0.2, 0) is 5.92 Å². The van der Waals surface area contributed by atoms with Crippen LogP contribution in [0.15, 0.2) is 29.4 Å². The number of benzene rings is 1. The molecular formula is C9H9F2N3O. The Morgan fingerprint density at radius 1 is 1.40 bits per heavy atom. The number of hydrogen-bond acceptors (Lipinski definition) is 2. The van der Waals surface area contributed by atoms with Crippen molar-refractivity contribution < 1.29 is 13.5 Å². The van der Waals surface area contributed by atoms with E-state index in [-0.39, 0.29) is 5.56 Å². The Labute approximate surface area is 85.1 Å². The molecule has 0 fully saturated rings. The monoisotopic (exact) mass is 213 g/mol. The molecule has 0 radical (unpaired) electrons. The molecule has 0 unspecified atom stereocenters. The SMILES string of the molecule is COc1ccc(C(F)(F)CN=[N+]=[N-])cc1. The summed E-state index contributed by atoms with van der Waals surface area (Å²) in [4.78, 5) is 2.30. The highest BCUT2D eigenvalue weighted by Gasteiger charge is 2.30. The second kappa shape index (κ2) is 4.61. The highest BCUT2D eigenvalue weighted by Crippen LogP contribution is 2.29. The van der Waals surface area contributed by atoms with Crippen LogP contribution in [0.4, 0.5) is 8.78 Å². The van der Waals surface area contributed by atoms with Gasteiger partial charge in [-0.3, -0.25) is 0 Å². The summed E-state index contributed by atoms with van der Waals surface area (Å²) in [5.74, 6) is -2.64. The number of azide groups is 1. The molecule has 0 aromatic heterocycles. The third-order valence-electron chi connectivity index (χ3n) is 1.84. The highest BCUT2D eigenvalue weighted by atomic mass is 19.3. The number of rotatable bonds is 4. The van der Waals surface area contributed by atoms with Gasteiger partial charge in [-0.2, -0.15) is 0 Å². The predicted molar refractivity (Wildman–Crippen MR) is 50.9 cm³/mol. The molecule has 0 aliphatic rings. The molecule has 0 N–H and O–H groups in total. The van der Waals surface area contributed by atoms with Crippen molar-refractivity contribution in [3.8, 4) is 5.75 Å². The van der Waals surface area contributed by atoms with Crippen molar-refractivity contribution in [2.75, 3.05) is 13.7 Å². The maximum atomic E-state index is 13.3. The van der Waals surface area contributed by atoms with Gasteiger partial charge in [0.05, 0.1) is 13.7 Å². The van der Waals surface area contributed by atoms with Crippen LogP contribution >= 0.6 is 0 Å². The van der Waals surface area contributed by atoms with Gasteiger partial charge in [-0.25, -0.2) is 8.78 Å². The lowest BCUT2D eigenvalue weighted by Crippen LogP contribution is -2.16. The van der Waals surface area contributed by atoms with Gasteiger partial charge in [0.15, 0.2) is 0 Å². The summed E-state index contributed by atoms with van der Waals surface area (Å²) in [6, 6.07) is 5.34. The lowest BCUT2D eigenvalue weighted by molar-refractivity contribution is 0.00607. The first-order valence-electron chi connectivity index (χ1n) is 4.13. The molecular weight excluding hydrogens is 204 g/mol. The molecule has 0 atom stereocenters. The third kappa shape index (κ3) is 2.82. The predicted octanol–water partition coefficient (Wildman–Crippen LogP) is 3.10. The molecule has 0 saturated carbocycles. The number of nitrogens with zero attached hydrogens (tertiary/aromatic N) is 3. The van der Waals surface area contributed by atoms with Crippen molar-refractivity contribution in [3.63, 3.8) is 0 Å². The normalized spacial score (nSPS) is 10.6. The average Bonchev–Trinajstić information content (AvgIpc) is 2.26. The van der Waals surface area contributed by atoms with E-state index in [1.165, 1.54) is 31.4 Å². The Bertz CT molecular complexity index is 371. The summed E-state index contributed by atoms with van der Waals surface area (Å²) in [7, 11) is 1.45. The molecule has 0 aliphatic heterocycles. The number of hydrogen-bond donors (Lipinski definition) is 0. The van der Waals surface area contributed by atoms with Crippen LogP contribution in [-0.4, -0.2) is 13.7 Å². The molecule has 0 spiro atoms. The maximum Gasteiger partial charge on any atom is 0.278 e. The van der Waals surface area contributed by atoms with Gasteiger partial charge in [0.2, 0.25) is 0 Å². The largest absolute Gasteiger partial charge is 0.497 e. The Morgan fingerprint density at radius 2 is 2.00 bits per heavy atom. The van der Waals surface area contributed by atoms with Crippen molar-refractivity contribution in [1.82, 2.24) is 0 Å². The fourth-order valence-electron chi connectivity index (χ4n) is 1.05. The first-order chi connectivity index (χ1) is 7.10. The molecule has 1 rings (SSSR count). The smallest absolute Gasteiger partial charge is 0.278 e. The van der Waals surface area contributed by atoms with E-state index in [9.17, 15) is 8.78 Å². The van der Waals surface area contributed by atoms with Gasteiger partial charge in [0.1, 0.15) is 5.75 Å². The molecule has 0 bridgehead atoms. The van der Waals surface area contributed by atoms with Crippen LogP contribution in [0.3, 0.4) is 0 Å². The van der Waals surface area contributed by atoms with Crippen molar-refractivity contribution in [1.29, 1.82) is 0 Å². The van der Waals surface area contributed by atoms with Crippen LogP contribution in [0, 0.1) is 0 Å². The Morgan fingerprint density at radius 3 is 2.47 bits per heavy atom. The van der Waals surface area contributed by atoms with Crippen molar-refractivity contribution in [2.45, 2.75) is 5.92 Å². The standard InChI is InChI=1S/C9H9F2N3O/c1-15-8-4-2-7(3-5-8)9(10,11)6-13-14-12/h2-5H,6H2,1H3. The average molecular weight is 213 g/mol. The highest BCUT2D eigenvalue weighted by molar-refractivity contribution is 5.29. The molecule has 4 nitrogen and oxygen atoms in total. The van der Waals surface area contributed by atoms with Crippen LogP contribution < -0.4 is 4.74 Å². The van der Waals surface area contributed by atoms with Crippen molar-refractivity contribution in [3.05, 3.63) is 40.3 Å². The first-order valence-corrected chi connectivity index (χ1v) is 4.13. The summed E-state index contributed by atoms with van der Waals surface area (Å²) in [5, 5.41) is 2.86. The lowest BCUT2D eigenvalue weighted by Gasteiger charge is -2.13. The minimum Gasteiger partial charge on any atom is -0.497 e. The molecule has 1 aromatic rings. The number of methoxy groups -OCH3 is 1. The summed E-state index contributed by atoms with van der Waals surface area (Å²) in [6.45, 7) is -0.879. The molecule has 15 heavy (non-hydrogen) atoms. The van der Waals surface area contributed by atoms with Gasteiger partial charge in [-0.15, -0.1) is 0 Å². The fourth-order valence-corrected chi connectivity index (χ4v) is 1.05. The molecule has 6 heteroatoms. The molecule has 1 aromatic carbocycles. The van der Waals surface area contributed by atoms with Crippen LogP contribution in [0.5, 0.6) is 5.75 Å². The van der Waals surface area contributed by atoms with Crippen LogP contribution in [0.1, 0.15) is 5.56 Å². The molecule has 0 saturated heterocycles. The van der Waals surface area contributed by atoms with E-state index in [1.807, 2.05) is 0 Å². The zero-order chi connectivity index (χ0) is 11.3. The van der Waals surface area contributed by atoms with E-state index in [4.69, 9.17) is 10.3 Å². The third-order valence-corrected chi connectivity index (χ3v) is 1.84. The van der Waals surface area contributed by atoms with E-state index in [1.54, 1.807) is 0 Å². The molecule has 0 heterocycles. The second-order valence-corrected chi connectivity index (χ2v) is 2.82. The van der Waals surface area contributed by atoms with E-state index >= 15 is 0 Å². The van der Waals surface area contributed by atoms with E-state index in [0.29, 0.717) is 5.75 Å². The lowest BCUT2D eigenvalue weighted by atomic mass is 10.1. The number of alkyl halides is 2. The maximum absolute atomic E-state index is 13.3. The van der Waals surface area contributed by atoms with E-state index < -0.39 is 12.5 Å². The van der Waals surface area contributed by atoms with Gasteiger partial charge in [0.25, 0.3) is 5.92 Å². The fraction of sp³-hybridized carbons (Fsp3) is 0.333. The zero-order valence-electron chi connectivity index (χ0n) is 8.02. The molecule has 80 valence electrons. The van der Waals surface area contributed by atoms with Crippen molar-refractivity contribution >= 4 is 0 Å². The van der Waals surface area contributed by atoms with Crippen LogP contribution in [0.25, 0.3) is 10.4 Å². The topological polar surface area (TPSA) is 58.0 Å². The molecule has 0 aliphatic carbocycles. The summed E-state index contributed by atoms with van der Waals surface area (Å²) in [5.41, 5.74) is 7.77. The number of halogens is 2. The van der Waals surface area contributed by atoms with Gasteiger partial charge >= 0.3 is 0 Å². The minimum absolute atomic E-state index is 0.198. The van der Waals surface area contributed by atoms with E-state index in [0.717, 1.165) is 0 Å². The minimum atomic E-state index is -3.14. The Balaban J connectivity index is 2.89. The molecule has 0 amide bonds. The Kier molecular flexibility index (Phi) is 3.46. The zero-order valence-corrected chi connectivity index (χ0v) is 8.02. The van der Waals surface area contributed by atoms with E-state index in [2.05, 4.69) is 10.0 Å². The summed E-state index contributed by atoms with van der Waals surface area (Å²) < 4.78 is 31.4. The van der Waals surface area contributed by atoms with Gasteiger partial charge < -0.3 is 4.74 Å². The first kappa shape index (κ1) is 11.3. The second-order valence-electron chi connectivity index (χ2n) is 2.82. The number of ether oxygens (including phenoxy) is 1. The van der Waals surface area contributed by atoms with Crippen LogP contribution in [0.2, 0.25) is 0 Å². The van der Waals surface area contributed by atoms with Crippen molar-refractivity contribution in [2.24, 2.45) is 5.11 Å². The summed E-state index contributed by atoms with van der Waals surface area (Å²) in [6.07, 6.45) is 0. The van der Waals surface area contributed by atoms with Gasteiger partial charge in [-0.1, -0.05) is 5.11 Å². The van der Waals surface area contributed by atoms with Gasteiger partial charge in [-0.05, 0) is 29.8 Å².